The van der Waals surface area contributed by atoms with Gasteiger partial charge in [0.25, 0.3) is 0 Å². The molecule has 0 radical (unpaired) electrons. The molecular weight excluding hydrogens is 294 g/mol. The second-order valence-electron chi connectivity index (χ2n) is 5.74. The summed E-state index contributed by atoms with van der Waals surface area (Å²) in [5, 5.41) is 1.81. The Balaban J connectivity index is 1.81. The zero-order valence-corrected chi connectivity index (χ0v) is 13.9. The number of hydrogen-bond donors (Lipinski definition) is 0. The summed E-state index contributed by atoms with van der Waals surface area (Å²) in [5.41, 5.74) is 0.940. The number of benzene rings is 1. The molecule has 0 bridgehead atoms. The van der Waals surface area contributed by atoms with Gasteiger partial charge < -0.3 is 4.90 Å². The number of piperidine rings is 1. The minimum absolute atomic E-state index is 0.115. The maximum Gasteiger partial charge on any atom is 0.235 e. The number of hydrogen-bond acceptors (Lipinski definition) is 4. The fourth-order valence-electron chi connectivity index (χ4n) is 2.84. The standard InChI is InChI=1S/C17H21N3OS/c1-12(17(21)20-10-6-3-7-11-20)22-16-14-8-4-5-9-15(14)18-13(2)19-16/h4-5,8-9,12H,3,6-7,10-11H2,1-2H3/t12-/m1/s1. The normalized spacial score (nSPS) is 16.7. The zero-order valence-electron chi connectivity index (χ0n) is 13.1. The molecule has 116 valence electrons. The number of aromatic nitrogens is 2. The molecule has 1 saturated heterocycles. The molecule has 0 N–H and O–H groups in total. The van der Waals surface area contributed by atoms with Crippen molar-refractivity contribution in [3.05, 3.63) is 30.1 Å². The average molecular weight is 315 g/mol. The second kappa shape index (κ2) is 6.65. The smallest absolute Gasteiger partial charge is 0.235 e. The van der Waals surface area contributed by atoms with Crippen LogP contribution in [0.15, 0.2) is 29.3 Å². The monoisotopic (exact) mass is 315 g/mol. The van der Waals surface area contributed by atoms with Gasteiger partial charge >= 0.3 is 0 Å². The molecule has 0 saturated carbocycles. The Bertz CT molecular complexity index is 683. The molecule has 5 heteroatoms. The van der Waals surface area contributed by atoms with E-state index in [2.05, 4.69) is 9.97 Å². The first-order valence-electron chi connectivity index (χ1n) is 7.84. The van der Waals surface area contributed by atoms with Gasteiger partial charge in [-0.25, -0.2) is 9.97 Å². The predicted octanol–water partition coefficient (Wildman–Crippen LogP) is 3.43. The van der Waals surface area contributed by atoms with Crippen molar-refractivity contribution in [2.24, 2.45) is 0 Å². The van der Waals surface area contributed by atoms with Crippen molar-refractivity contribution in [1.29, 1.82) is 0 Å². The summed E-state index contributed by atoms with van der Waals surface area (Å²) in [4.78, 5) is 23.6. The van der Waals surface area contributed by atoms with E-state index in [1.807, 2.05) is 43.0 Å². The van der Waals surface area contributed by atoms with E-state index in [9.17, 15) is 4.79 Å². The third kappa shape index (κ3) is 3.24. The number of amides is 1. The highest BCUT2D eigenvalue weighted by molar-refractivity contribution is 8.00. The molecule has 3 rings (SSSR count). The van der Waals surface area contributed by atoms with Gasteiger partial charge in [-0.3, -0.25) is 4.79 Å². The first kappa shape index (κ1) is 15.3. The van der Waals surface area contributed by atoms with Gasteiger partial charge in [0.1, 0.15) is 10.9 Å². The van der Waals surface area contributed by atoms with Gasteiger partial charge in [0.15, 0.2) is 0 Å². The number of para-hydroxylation sites is 1. The number of likely N-dealkylation sites (tertiary alicyclic amines) is 1. The van der Waals surface area contributed by atoms with Gasteiger partial charge in [-0.15, -0.1) is 0 Å². The molecule has 2 heterocycles. The van der Waals surface area contributed by atoms with Gasteiger partial charge in [-0.2, -0.15) is 0 Å². The van der Waals surface area contributed by atoms with Crippen LogP contribution >= 0.6 is 11.8 Å². The lowest BCUT2D eigenvalue weighted by atomic mass is 10.1. The largest absolute Gasteiger partial charge is 0.342 e. The average Bonchev–Trinajstić information content (AvgIpc) is 2.54. The van der Waals surface area contributed by atoms with E-state index in [4.69, 9.17) is 0 Å². The molecule has 0 aliphatic carbocycles. The van der Waals surface area contributed by atoms with Crippen LogP contribution in [0.5, 0.6) is 0 Å². The fourth-order valence-corrected chi connectivity index (χ4v) is 3.91. The number of aryl methyl sites for hydroxylation is 1. The Hall–Kier alpha value is -1.62. The highest BCUT2D eigenvalue weighted by Gasteiger charge is 2.24. The molecule has 1 aromatic carbocycles. The molecule has 1 atom stereocenters. The molecular formula is C17H21N3OS. The van der Waals surface area contributed by atoms with Crippen molar-refractivity contribution >= 4 is 28.6 Å². The highest BCUT2D eigenvalue weighted by Crippen LogP contribution is 2.29. The molecule has 0 unspecified atom stereocenters. The van der Waals surface area contributed by atoms with Crippen LogP contribution in [-0.4, -0.2) is 39.1 Å². The van der Waals surface area contributed by atoms with Crippen LogP contribution in [-0.2, 0) is 4.79 Å². The Morgan fingerprint density at radius 2 is 1.91 bits per heavy atom. The summed E-state index contributed by atoms with van der Waals surface area (Å²) >= 11 is 1.55. The van der Waals surface area contributed by atoms with E-state index < -0.39 is 0 Å². The minimum atomic E-state index is -0.115. The number of carbonyl (C=O) groups excluding carboxylic acids is 1. The van der Waals surface area contributed by atoms with Gasteiger partial charge in [-0.1, -0.05) is 30.0 Å². The second-order valence-corrected chi connectivity index (χ2v) is 7.07. The van der Waals surface area contributed by atoms with Gasteiger partial charge in [0.05, 0.1) is 10.8 Å². The Morgan fingerprint density at radius 3 is 2.68 bits per heavy atom. The molecule has 22 heavy (non-hydrogen) atoms. The molecule has 2 aromatic rings. The number of nitrogens with zero attached hydrogens (tertiary/aromatic N) is 3. The molecule has 0 spiro atoms. The van der Waals surface area contributed by atoms with Gasteiger partial charge in [0, 0.05) is 18.5 Å². The first-order chi connectivity index (χ1) is 10.6. The van der Waals surface area contributed by atoms with E-state index in [0.29, 0.717) is 0 Å². The molecule has 4 nitrogen and oxygen atoms in total. The van der Waals surface area contributed by atoms with Gasteiger partial charge in [0.2, 0.25) is 5.91 Å². The lowest BCUT2D eigenvalue weighted by Gasteiger charge is -2.29. The summed E-state index contributed by atoms with van der Waals surface area (Å²) in [5.74, 6) is 0.976. The van der Waals surface area contributed by atoms with E-state index in [1.54, 1.807) is 11.8 Å². The maximum absolute atomic E-state index is 12.6. The van der Waals surface area contributed by atoms with Crippen LogP contribution in [0.4, 0.5) is 0 Å². The van der Waals surface area contributed by atoms with Crippen molar-refractivity contribution in [3.8, 4) is 0 Å². The lowest BCUT2D eigenvalue weighted by Crippen LogP contribution is -2.40. The lowest BCUT2D eigenvalue weighted by molar-refractivity contribution is -0.131. The van der Waals surface area contributed by atoms with E-state index in [1.165, 1.54) is 6.42 Å². The van der Waals surface area contributed by atoms with Crippen molar-refractivity contribution in [2.45, 2.75) is 43.4 Å². The predicted molar refractivity (Wildman–Crippen MR) is 90.0 cm³/mol. The van der Waals surface area contributed by atoms with Crippen LogP contribution in [0, 0.1) is 6.92 Å². The summed E-state index contributed by atoms with van der Waals surface area (Å²) < 4.78 is 0. The Kier molecular flexibility index (Phi) is 4.62. The topological polar surface area (TPSA) is 46.1 Å². The first-order valence-corrected chi connectivity index (χ1v) is 8.72. The van der Waals surface area contributed by atoms with E-state index >= 15 is 0 Å². The quantitative estimate of drug-likeness (QED) is 0.643. The molecule has 1 aliphatic heterocycles. The number of fused-ring (bicyclic) bond motifs is 1. The molecule has 1 aliphatic rings. The third-order valence-electron chi connectivity index (χ3n) is 3.98. The van der Waals surface area contributed by atoms with Crippen LogP contribution in [0.2, 0.25) is 0 Å². The van der Waals surface area contributed by atoms with Crippen molar-refractivity contribution < 1.29 is 4.79 Å². The van der Waals surface area contributed by atoms with Crippen molar-refractivity contribution in [3.63, 3.8) is 0 Å². The maximum atomic E-state index is 12.6. The minimum Gasteiger partial charge on any atom is -0.342 e. The SMILES string of the molecule is Cc1nc(S[C@H](C)C(=O)N2CCCCC2)c2ccccc2n1. The summed E-state index contributed by atoms with van der Waals surface area (Å²) in [6.45, 7) is 5.67. The third-order valence-corrected chi connectivity index (χ3v) is 5.07. The van der Waals surface area contributed by atoms with Crippen molar-refractivity contribution in [1.82, 2.24) is 14.9 Å². The van der Waals surface area contributed by atoms with E-state index in [0.717, 1.165) is 47.7 Å². The van der Waals surface area contributed by atoms with Gasteiger partial charge in [-0.05, 0) is 39.2 Å². The van der Waals surface area contributed by atoms with Crippen LogP contribution in [0.25, 0.3) is 10.9 Å². The Morgan fingerprint density at radius 1 is 1.18 bits per heavy atom. The van der Waals surface area contributed by atoms with E-state index in [-0.39, 0.29) is 11.2 Å². The Labute approximate surface area is 135 Å². The number of carbonyl (C=O) groups is 1. The summed E-state index contributed by atoms with van der Waals surface area (Å²) in [6, 6.07) is 7.98. The summed E-state index contributed by atoms with van der Waals surface area (Å²) in [7, 11) is 0. The number of rotatable bonds is 3. The van der Waals surface area contributed by atoms with Crippen LogP contribution < -0.4 is 0 Å². The molecule has 1 amide bonds. The summed E-state index contributed by atoms with van der Waals surface area (Å²) in [6.07, 6.45) is 3.48. The van der Waals surface area contributed by atoms with Crippen molar-refractivity contribution in [2.75, 3.05) is 13.1 Å². The molecule has 1 aromatic heterocycles. The molecule has 1 fully saturated rings. The van der Waals surface area contributed by atoms with Crippen LogP contribution in [0.3, 0.4) is 0 Å². The van der Waals surface area contributed by atoms with Crippen LogP contribution in [0.1, 0.15) is 32.0 Å². The number of thioether (sulfide) groups is 1. The highest BCUT2D eigenvalue weighted by atomic mass is 32.2. The fraction of sp³-hybridized carbons (Fsp3) is 0.471. The zero-order chi connectivity index (χ0) is 15.5.